The molecule has 0 fully saturated rings. The van der Waals surface area contributed by atoms with Gasteiger partial charge in [-0.15, -0.1) is 0 Å². The van der Waals surface area contributed by atoms with Crippen molar-refractivity contribution < 1.29 is 36.6 Å². The Balaban J connectivity index is 2.92. The number of alkyl halides is 6. The molecule has 1 aromatic rings. The lowest BCUT2D eigenvalue weighted by molar-refractivity contribution is -0.373. The lowest BCUT2D eigenvalue weighted by Crippen LogP contribution is -2.72. The second-order valence-corrected chi connectivity index (χ2v) is 4.44. The molecule has 0 saturated heterocycles. The third kappa shape index (κ3) is 1.35. The number of fused-ring (bicyclic) bond motifs is 1. The molecule has 0 saturated carbocycles. The van der Waals surface area contributed by atoms with Crippen molar-refractivity contribution in [3.05, 3.63) is 23.3 Å². The topological polar surface area (TPSA) is 92.5 Å². The van der Waals surface area contributed by atoms with Crippen LogP contribution in [0, 0.1) is 0 Å². The smallest absolute Gasteiger partial charge is 0.336 e. The molecule has 1 aliphatic carbocycles. The summed E-state index contributed by atoms with van der Waals surface area (Å²) in [6.45, 7) is 0. The standard InChI is InChI=1S/C10H8F6N2O2/c11-7(12)3-1-5(17)6(19)2-4(3)8(13,14)10(16,20)9(7,15)18/h1-2,19-20H,17-18H2. The summed E-state index contributed by atoms with van der Waals surface area (Å²) in [5, 5.41) is 18.0. The highest BCUT2D eigenvalue weighted by Gasteiger charge is 2.81. The minimum Gasteiger partial charge on any atom is -0.506 e. The number of nitrogens with two attached hydrogens (primary N) is 2. The monoisotopic (exact) mass is 302 g/mol. The predicted octanol–water partition coefficient (Wildman–Crippen LogP) is 1.45. The summed E-state index contributed by atoms with van der Waals surface area (Å²) >= 11 is 0. The van der Waals surface area contributed by atoms with Gasteiger partial charge in [0.15, 0.2) is 0 Å². The molecular formula is C10H8F6N2O2. The number of aromatic hydroxyl groups is 1. The number of nitrogen functional groups attached to an aromatic ring is 1. The molecule has 0 aliphatic heterocycles. The summed E-state index contributed by atoms with van der Waals surface area (Å²) in [7, 11) is 0. The summed E-state index contributed by atoms with van der Waals surface area (Å²) in [5.41, 5.74) is 5.06. The summed E-state index contributed by atoms with van der Waals surface area (Å²) in [4.78, 5) is 0. The van der Waals surface area contributed by atoms with E-state index in [4.69, 9.17) is 15.9 Å². The molecule has 0 amide bonds. The zero-order valence-corrected chi connectivity index (χ0v) is 9.47. The summed E-state index contributed by atoms with van der Waals surface area (Å²) in [5.74, 6) is -21.7. The van der Waals surface area contributed by atoms with E-state index in [1.54, 1.807) is 0 Å². The van der Waals surface area contributed by atoms with Gasteiger partial charge in [-0.3, -0.25) is 5.73 Å². The number of hydrogen-bond donors (Lipinski definition) is 4. The van der Waals surface area contributed by atoms with Crippen molar-refractivity contribution in [2.24, 2.45) is 5.73 Å². The van der Waals surface area contributed by atoms with E-state index < -0.39 is 46.1 Å². The number of aliphatic hydroxyl groups is 1. The maximum absolute atomic E-state index is 13.8. The molecular weight excluding hydrogens is 294 g/mol. The molecule has 0 spiro atoms. The first-order chi connectivity index (χ1) is 8.78. The molecule has 10 heteroatoms. The largest absolute Gasteiger partial charge is 0.506 e. The van der Waals surface area contributed by atoms with E-state index in [1.165, 1.54) is 0 Å². The number of anilines is 1. The summed E-state index contributed by atoms with van der Waals surface area (Å²) in [6.07, 6.45) is 0. The molecule has 2 unspecified atom stereocenters. The highest BCUT2D eigenvalue weighted by Crippen LogP contribution is 2.61. The van der Waals surface area contributed by atoms with E-state index >= 15 is 0 Å². The van der Waals surface area contributed by atoms with E-state index in [1.807, 2.05) is 0 Å². The fourth-order valence-electron chi connectivity index (χ4n) is 1.94. The van der Waals surface area contributed by atoms with Crippen LogP contribution in [0.25, 0.3) is 0 Å². The fraction of sp³-hybridized carbons (Fsp3) is 0.400. The Kier molecular flexibility index (Phi) is 2.57. The average Bonchev–Trinajstić information content (AvgIpc) is 2.29. The number of rotatable bonds is 0. The van der Waals surface area contributed by atoms with Crippen LogP contribution in [0.3, 0.4) is 0 Å². The zero-order valence-electron chi connectivity index (χ0n) is 9.47. The maximum Gasteiger partial charge on any atom is 0.336 e. The Bertz CT molecular complexity index is 536. The third-order valence-electron chi connectivity index (χ3n) is 3.20. The highest BCUT2D eigenvalue weighted by molar-refractivity contribution is 5.60. The maximum atomic E-state index is 13.8. The Labute approximate surface area is 107 Å². The molecule has 0 bridgehead atoms. The quantitative estimate of drug-likeness (QED) is 0.253. The van der Waals surface area contributed by atoms with Crippen molar-refractivity contribution >= 4 is 5.69 Å². The number of benzene rings is 1. The Morgan fingerprint density at radius 3 is 1.85 bits per heavy atom. The number of phenols is 1. The van der Waals surface area contributed by atoms with Crippen molar-refractivity contribution in [2.45, 2.75) is 23.5 Å². The van der Waals surface area contributed by atoms with Crippen LogP contribution in [0.5, 0.6) is 5.75 Å². The van der Waals surface area contributed by atoms with E-state index in [2.05, 4.69) is 5.73 Å². The normalized spacial score (nSPS) is 34.6. The third-order valence-corrected chi connectivity index (χ3v) is 3.20. The molecule has 1 aromatic carbocycles. The number of hydrogen-bond acceptors (Lipinski definition) is 4. The van der Waals surface area contributed by atoms with Gasteiger partial charge in [0, 0.05) is 11.1 Å². The van der Waals surface area contributed by atoms with Crippen LogP contribution in [0.15, 0.2) is 12.1 Å². The second kappa shape index (κ2) is 3.50. The molecule has 0 heterocycles. The summed E-state index contributed by atoms with van der Waals surface area (Å²) in [6, 6.07) is 0.174. The Morgan fingerprint density at radius 1 is 0.900 bits per heavy atom. The van der Waals surface area contributed by atoms with E-state index in [0.717, 1.165) is 0 Å². The van der Waals surface area contributed by atoms with Gasteiger partial charge in [-0.05, 0) is 12.1 Å². The van der Waals surface area contributed by atoms with Gasteiger partial charge in [-0.2, -0.15) is 22.0 Å². The van der Waals surface area contributed by atoms with Crippen molar-refractivity contribution in [2.75, 3.05) is 5.73 Å². The first-order valence-electron chi connectivity index (χ1n) is 5.06. The zero-order chi connectivity index (χ0) is 15.7. The first-order valence-corrected chi connectivity index (χ1v) is 5.06. The van der Waals surface area contributed by atoms with Gasteiger partial charge in [0.1, 0.15) is 5.75 Å². The molecule has 2 rings (SSSR count). The van der Waals surface area contributed by atoms with Crippen LogP contribution in [0.1, 0.15) is 11.1 Å². The lowest BCUT2D eigenvalue weighted by Gasteiger charge is -2.46. The first kappa shape index (κ1) is 14.7. The van der Waals surface area contributed by atoms with Gasteiger partial charge in [0.05, 0.1) is 5.69 Å². The molecule has 0 radical (unpaired) electrons. The van der Waals surface area contributed by atoms with Crippen molar-refractivity contribution in [1.82, 2.24) is 0 Å². The number of phenolic OH excluding ortho intramolecular Hbond substituents is 1. The van der Waals surface area contributed by atoms with Crippen LogP contribution < -0.4 is 11.5 Å². The second-order valence-electron chi connectivity index (χ2n) is 4.44. The minimum atomic E-state index is -5.39. The Hall–Kier alpha value is -1.68. The Morgan fingerprint density at radius 2 is 1.35 bits per heavy atom. The molecule has 6 N–H and O–H groups in total. The van der Waals surface area contributed by atoms with Crippen LogP contribution in [0.2, 0.25) is 0 Å². The number of halogens is 6. The molecule has 2 atom stereocenters. The predicted molar refractivity (Wildman–Crippen MR) is 54.4 cm³/mol. The van der Waals surface area contributed by atoms with Gasteiger partial charge >= 0.3 is 17.7 Å². The molecule has 0 aromatic heterocycles. The van der Waals surface area contributed by atoms with Crippen molar-refractivity contribution in [1.29, 1.82) is 0 Å². The van der Waals surface area contributed by atoms with Gasteiger partial charge in [-0.25, -0.2) is 4.39 Å². The molecule has 4 nitrogen and oxygen atoms in total. The molecule has 1 aliphatic rings. The summed E-state index contributed by atoms with van der Waals surface area (Å²) < 4.78 is 82.1. The van der Waals surface area contributed by atoms with Crippen molar-refractivity contribution in [3.8, 4) is 5.75 Å². The van der Waals surface area contributed by atoms with Crippen molar-refractivity contribution in [3.63, 3.8) is 0 Å². The van der Waals surface area contributed by atoms with Crippen LogP contribution in [-0.4, -0.2) is 21.9 Å². The van der Waals surface area contributed by atoms with E-state index in [0.29, 0.717) is 0 Å². The van der Waals surface area contributed by atoms with Gasteiger partial charge < -0.3 is 15.9 Å². The SMILES string of the molecule is Nc1cc2c(cc1O)C(F)(F)C(O)(F)C(N)(F)C2(F)F. The molecule has 20 heavy (non-hydrogen) atoms. The van der Waals surface area contributed by atoms with Crippen LogP contribution in [0.4, 0.5) is 32.0 Å². The van der Waals surface area contributed by atoms with Gasteiger partial charge in [0.25, 0.3) is 5.79 Å². The van der Waals surface area contributed by atoms with Crippen LogP contribution >= 0.6 is 0 Å². The minimum absolute atomic E-state index is 0.0262. The highest BCUT2D eigenvalue weighted by atomic mass is 19.3. The average molecular weight is 302 g/mol. The molecule has 112 valence electrons. The fourth-order valence-corrected chi connectivity index (χ4v) is 1.94. The van der Waals surface area contributed by atoms with E-state index in [-0.39, 0.29) is 12.1 Å². The van der Waals surface area contributed by atoms with Crippen LogP contribution in [-0.2, 0) is 11.8 Å². The van der Waals surface area contributed by atoms with Gasteiger partial charge in [0.2, 0.25) is 0 Å². The lowest BCUT2D eigenvalue weighted by atomic mass is 9.77. The van der Waals surface area contributed by atoms with E-state index in [9.17, 15) is 26.3 Å². The van der Waals surface area contributed by atoms with Gasteiger partial charge in [-0.1, -0.05) is 0 Å².